The summed E-state index contributed by atoms with van der Waals surface area (Å²) < 4.78 is 28.6. The number of nitrogens with zero attached hydrogens (tertiary/aromatic N) is 1. The quantitative estimate of drug-likeness (QED) is 0.807. The Balaban J connectivity index is 1.81. The van der Waals surface area contributed by atoms with Gasteiger partial charge in [0.25, 0.3) is 6.01 Å². The third kappa shape index (κ3) is 2.65. The molecule has 3 N–H and O–H groups in total. The number of hydrogen-bond donors (Lipinski definition) is 2. The molecule has 0 aliphatic carbocycles. The van der Waals surface area contributed by atoms with E-state index in [1.807, 2.05) is 0 Å². The first-order chi connectivity index (χ1) is 9.02. The topological polar surface area (TPSA) is 98.2 Å². The number of aromatic nitrogens is 1. The number of oxazole rings is 1. The smallest absolute Gasteiger partial charge is 0.295 e. The number of nitrogens with two attached hydrogens (primary N) is 1. The molecule has 1 fully saturated rings. The molecule has 1 aromatic heterocycles. The molecule has 1 aliphatic heterocycles. The molecule has 6 nitrogen and oxygen atoms in total. The number of anilines is 2. The van der Waals surface area contributed by atoms with Gasteiger partial charge in [-0.1, -0.05) is 0 Å². The average Bonchev–Trinajstić information content (AvgIpc) is 2.68. The second kappa shape index (κ2) is 4.41. The summed E-state index contributed by atoms with van der Waals surface area (Å²) in [6.07, 6.45) is 1.48. The van der Waals surface area contributed by atoms with Crippen molar-refractivity contribution in [2.75, 3.05) is 22.6 Å². The molecule has 1 atom stereocenters. The van der Waals surface area contributed by atoms with Crippen LogP contribution in [0.25, 0.3) is 11.1 Å². The normalized spacial score (nSPS) is 22.4. The Kier molecular flexibility index (Phi) is 2.85. The Morgan fingerprint density at radius 3 is 3.05 bits per heavy atom. The van der Waals surface area contributed by atoms with Crippen molar-refractivity contribution in [2.24, 2.45) is 0 Å². The first-order valence-corrected chi connectivity index (χ1v) is 7.97. The molecule has 2 aromatic rings. The molecule has 0 saturated carbocycles. The fourth-order valence-electron chi connectivity index (χ4n) is 2.31. The summed E-state index contributed by atoms with van der Waals surface area (Å²) in [7, 11) is -2.94. The van der Waals surface area contributed by atoms with E-state index in [-0.39, 0.29) is 17.5 Å². The van der Waals surface area contributed by atoms with Crippen molar-refractivity contribution in [3.8, 4) is 0 Å². The zero-order valence-electron chi connectivity index (χ0n) is 10.3. The third-order valence-corrected chi connectivity index (χ3v) is 5.02. The molecule has 3 rings (SSSR count). The molecule has 0 radical (unpaired) electrons. The third-order valence-electron chi connectivity index (χ3n) is 3.20. The summed E-state index contributed by atoms with van der Waals surface area (Å²) in [5.41, 5.74) is 7.57. The molecular formula is C12H15N3O3S. The van der Waals surface area contributed by atoms with Crippen molar-refractivity contribution >= 4 is 32.6 Å². The van der Waals surface area contributed by atoms with Gasteiger partial charge in [-0.2, -0.15) is 4.98 Å². The Morgan fingerprint density at radius 1 is 1.42 bits per heavy atom. The van der Waals surface area contributed by atoms with Gasteiger partial charge in [0.05, 0.1) is 11.5 Å². The van der Waals surface area contributed by atoms with Crippen LogP contribution < -0.4 is 11.1 Å². The number of benzene rings is 1. The second-order valence-electron chi connectivity index (χ2n) is 4.84. The van der Waals surface area contributed by atoms with E-state index in [0.29, 0.717) is 29.2 Å². The highest BCUT2D eigenvalue weighted by Crippen LogP contribution is 2.23. The van der Waals surface area contributed by atoms with Crippen molar-refractivity contribution < 1.29 is 12.8 Å². The molecule has 19 heavy (non-hydrogen) atoms. The molecule has 1 unspecified atom stereocenters. The van der Waals surface area contributed by atoms with E-state index in [9.17, 15) is 8.42 Å². The molecule has 2 heterocycles. The maximum atomic E-state index is 11.6. The number of hydrogen-bond acceptors (Lipinski definition) is 6. The Morgan fingerprint density at radius 2 is 2.26 bits per heavy atom. The van der Waals surface area contributed by atoms with Gasteiger partial charge < -0.3 is 15.5 Å². The molecule has 102 valence electrons. The van der Waals surface area contributed by atoms with E-state index < -0.39 is 9.84 Å². The monoisotopic (exact) mass is 281 g/mol. The highest BCUT2D eigenvalue weighted by Gasteiger charge is 2.25. The van der Waals surface area contributed by atoms with Crippen molar-refractivity contribution in [3.05, 3.63) is 18.2 Å². The predicted octanol–water partition coefficient (Wildman–Crippen LogP) is 1.40. The minimum Gasteiger partial charge on any atom is -0.423 e. The zero-order valence-corrected chi connectivity index (χ0v) is 11.1. The van der Waals surface area contributed by atoms with Crippen LogP contribution in [0.1, 0.15) is 12.8 Å². The van der Waals surface area contributed by atoms with Gasteiger partial charge in [0.2, 0.25) is 0 Å². The SMILES string of the molecule is Nc1ccc2nc(NC3CCCS(=O)(=O)C3)oc2c1. The molecule has 1 aromatic carbocycles. The number of nitrogens with one attached hydrogen (secondary N) is 1. The fourth-order valence-corrected chi connectivity index (χ4v) is 3.95. The lowest BCUT2D eigenvalue weighted by atomic mass is 10.2. The molecule has 0 bridgehead atoms. The number of sulfone groups is 1. The second-order valence-corrected chi connectivity index (χ2v) is 7.07. The van der Waals surface area contributed by atoms with E-state index in [2.05, 4.69) is 10.3 Å². The molecule has 0 amide bonds. The molecular weight excluding hydrogens is 266 g/mol. The van der Waals surface area contributed by atoms with Crippen LogP contribution in [0.3, 0.4) is 0 Å². The van der Waals surface area contributed by atoms with Crippen LogP contribution in [0.2, 0.25) is 0 Å². The van der Waals surface area contributed by atoms with Gasteiger partial charge in [0, 0.05) is 17.8 Å². The number of fused-ring (bicyclic) bond motifs is 1. The zero-order chi connectivity index (χ0) is 13.5. The Labute approximate surface area is 110 Å². The Bertz CT molecular complexity index is 708. The average molecular weight is 281 g/mol. The summed E-state index contributed by atoms with van der Waals surface area (Å²) in [5.74, 6) is 0.406. The summed E-state index contributed by atoms with van der Waals surface area (Å²) in [6, 6.07) is 5.44. The van der Waals surface area contributed by atoms with Crippen LogP contribution in [0.5, 0.6) is 0 Å². The number of rotatable bonds is 2. The summed E-state index contributed by atoms with van der Waals surface area (Å²) in [5, 5.41) is 3.05. The van der Waals surface area contributed by atoms with Crippen molar-refractivity contribution in [1.29, 1.82) is 0 Å². The van der Waals surface area contributed by atoms with E-state index in [1.54, 1.807) is 18.2 Å². The lowest BCUT2D eigenvalue weighted by Crippen LogP contribution is -2.34. The first kappa shape index (κ1) is 12.3. The van der Waals surface area contributed by atoms with Crippen LogP contribution in [-0.4, -0.2) is 30.9 Å². The van der Waals surface area contributed by atoms with Crippen molar-refractivity contribution in [3.63, 3.8) is 0 Å². The van der Waals surface area contributed by atoms with Gasteiger partial charge in [0.1, 0.15) is 5.52 Å². The highest BCUT2D eigenvalue weighted by atomic mass is 32.2. The predicted molar refractivity (Wildman–Crippen MR) is 73.7 cm³/mol. The molecule has 0 spiro atoms. The van der Waals surface area contributed by atoms with Crippen LogP contribution in [0, 0.1) is 0 Å². The van der Waals surface area contributed by atoms with E-state index in [0.717, 1.165) is 6.42 Å². The van der Waals surface area contributed by atoms with E-state index in [1.165, 1.54) is 0 Å². The van der Waals surface area contributed by atoms with Crippen molar-refractivity contribution in [2.45, 2.75) is 18.9 Å². The van der Waals surface area contributed by atoms with Crippen LogP contribution in [0.4, 0.5) is 11.7 Å². The molecule has 1 saturated heterocycles. The summed E-state index contributed by atoms with van der Waals surface area (Å²) in [6.45, 7) is 0. The van der Waals surface area contributed by atoms with Gasteiger partial charge in [-0.05, 0) is 25.0 Å². The highest BCUT2D eigenvalue weighted by molar-refractivity contribution is 7.91. The van der Waals surface area contributed by atoms with Crippen LogP contribution in [-0.2, 0) is 9.84 Å². The van der Waals surface area contributed by atoms with Gasteiger partial charge >= 0.3 is 0 Å². The fraction of sp³-hybridized carbons (Fsp3) is 0.417. The van der Waals surface area contributed by atoms with Crippen LogP contribution >= 0.6 is 0 Å². The van der Waals surface area contributed by atoms with E-state index in [4.69, 9.17) is 10.2 Å². The maximum Gasteiger partial charge on any atom is 0.295 e. The minimum atomic E-state index is -2.94. The first-order valence-electron chi connectivity index (χ1n) is 6.15. The van der Waals surface area contributed by atoms with Gasteiger partial charge in [-0.15, -0.1) is 0 Å². The van der Waals surface area contributed by atoms with Gasteiger partial charge in [-0.25, -0.2) is 8.42 Å². The Hall–Kier alpha value is -1.76. The number of nitrogen functional groups attached to an aromatic ring is 1. The largest absolute Gasteiger partial charge is 0.423 e. The van der Waals surface area contributed by atoms with Gasteiger partial charge in [0.15, 0.2) is 15.4 Å². The van der Waals surface area contributed by atoms with E-state index >= 15 is 0 Å². The minimum absolute atomic E-state index is 0.133. The lowest BCUT2D eigenvalue weighted by molar-refractivity contribution is 0.548. The van der Waals surface area contributed by atoms with Gasteiger partial charge in [-0.3, -0.25) is 0 Å². The summed E-state index contributed by atoms with van der Waals surface area (Å²) in [4.78, 5) is 4.27. The van der Waals surface area contributed by atoms with Crippen molar-refractivity contribution in [1.82, 2.24) is 4.98 Å². The van der Waals surface area contributed by atoms with Crippen LogP contribution in [0.15, 0.2) is 22.6 Å². The molecule has 1 aliphatic rings. The standard InChI is InChI=1S/C12H15N3O3S/c13-8-3-4-10-11(6-8)18-12(15-10)14-9-2-1-5-19(16,17)7-9/h3-4,6,9H,1-2,5,7,13H2,(H,14,15). The molecule has 7 heteroatoms. The maximum absolute atomic E-state index is 11.6. The summed E-state index contributed by atoms with van der Waals surface area (Å²) >= 11 is 0. The lowest BCUT2D eigenvalue weighted by Gasteiger charge is -2.21.